The third kappa shape index (κ3) is 2.17. The fourth-order valence-corrected chi connectivity index (χ4v) is 1.39. The number of rotatable bonds is 3. The number of hydrogen-bond donors (Lipinski definition) is 1. The fourth-order valence-electron chi connectivity index (χ4n) is 1.39. The number of nitrogen functional groups attached to an aromatic ring is 1. The van der Waals surface area contributed by atoms with Gasteiger partial charge in [0.15, 0.2) is 5.82 Å². The Hall–Kier alpha value is -1.95. The van der Waals surface area contributed by atoms with E-state index in [0.717, 1.165) is 5.69 Å². The van der Waals surface area contributed by atoms with Gasteiger partial charge in [0.05, 0.1) is 5.69 Å². The van der Waals surface area contributed by atoms with Crippen molar-refractivity contribution in [2.24, 2.45) is 7.05 Å². The van der Waals surface area contributed by atoms with Gasteiger partial charge in [-0.3, -0.25) is 4.68 Å². The first-order valence-electron chi connectivity index (χ1n) is 4.81. The molecule has 0 unspecified atom stereocenters. The van der Waals surface area contributed by atoms with Crippen molar-refractivity contribution < 1.29 is 4.74 Å². The van der Waals surface area contributed by atoms with E-state index in [1.165, 1.54) is 0 Å². The van der Waals surface area contributed by atoms with Crippen LogP contribution in [-0.2, 0) is 18.4 Å². The summed E-state index contributed by atoms with van der Waals surface area (Å²) in [4.78, 5) is 8.38. The molecule has 0 spiro atoms. The van der Waals surface area contributed by atoms with Crippen molar-refractivity contribution in [2.75, 3.05) is 12.8 Å². The van der Waals surface area contributed by atoms with Crippen molar-refractivity contribution in [1.29, 1.82) is 0 Å². The maximum atomic E-state index is 5.69. The van der Waals surface area contributed by atoms with Crippen LogP contribution in [0.3, 0.4) is 0 Å². The molecule has 0 fully saturated rings. The number of anilines is 1. The number of hydrogen-bond acceptors (Lipinski definition) is 5. The topological polar surface area (TPSA) is 78.9 Å². The Morgan fingerprint density at radius 3 is 2.81 bits per heavy atom. The van der Waals surface area contributed by atoms with Crippen molar-refractivity contribution in [2.45, 2.75) is 6.61 Å². The molecule has 16 heavy (non-hydrogen) atoms. The summed E-state index contributed by atoms with van der Waals surface area (Å²) in [5.41, 5.74) is 7.17. The van der Waals surface area contributed by atoms with Gasteiger partial charge in [0.1, 0.15) is 18.1 Å². The third-order valence-electron chi connectivity index (χ3n) is 2.04. The molecule has 2 aromatic heterocycles. The number of aromatic nitrogens is 4. The van der Waals surface area contributed by atoms with Gasteiger partial charge in [-0.15, -0.1) is 0 Å². The Labute approximate surface area is 93.1 Å². The number of ether oxygens (including phenoxy) is 1. The Bertz CT molecular complexity index is 494. The first kappa shape index (κ1) is 10.6. The van der Waals surface area contributed by atoms with Gasteiger partial charge in [-0.1, -0.05) is 0 Å². The smallest absolute Gasteiger partial charge is 0.157 e. The molecule has 0 atom stereocenters. The molecule has 84 valence electrons. The molecule has 0 aliphatic heterocycles. The van der Waals surface area contributed by atoms with Crippen molar-refractivity contribution in [1.82, 2.24) is 19.7 Å². The predicted molar refractivity (Wildman–Crippen MR) is 59.4 cm³/mol. The fraction of sp³-hybridized carbons (Fsp3) is 0.300. The maximum Gasteiger partial charge on any atom is 0.157 e. The zero-order chi connectivity index (χ0) is 11.5. The second kappa shape index (κ2) is 4.28. The van der Waals surface area contributed by atoms with E-state index in [9.17, 15) is 0 Å². The van der Waals surface area contributed by atoms with Gasteiger partial charge in [-0.2, -0.15) is 5.10 Å². The minimum atomic E-state index is 0.338. The highest BCUT2D eigenvalue weighted by Crippen LogP contribution is 2.16. The highest BCUT2D eigenvalue weighted by Gasteiger charge is 2.07. The van der Waals surface area contributed by atoms with Gasteiger partial charge in [0.25, 0.3) is 0 Å². The van der Waals surface area contributed by atoms with Crippen LogP contribution in [0.4, 0.5) is 5.82 Å². The SMILES string of the molecule is COCc1nc(N)cc(-c2ccn(C)n2)n1. The van der Waals surface area contributed by atoms with Crippen LogP contribution in [0.25, 0.3) is 11.4 Å². The molecule has 6 heteroatoms. The summed E-state index contributed by atoms with van der Waals surface area (Å²) < 4.78 is 6.68. The summed E-state index contributed by atoms with van der Waals surface area (Å²) in [7, 11) is 3.44. The molecule has 0 aromatic carbocycles. The van der Waals surface area contributed by atoms with Crippen LogP contribution in [0.1, 0.15) is 5.82 Å². The van der Waals surface area contributed by atoms with Crippen LogP contribution < -0.4 is 5.73 Å². The highest BCUT2D eigenvalue weighted by atomic mass is 16.5. The molecule has 0 saturated carbocycles. The zero-order valence-electron chi connectivity index (χ0n) is 9.21. The molecule has 0 saturated heterocycles. The number of nitrogens with zero attached hydrogens (tertiary/aromatic N) is 4. The van der Waals surface area contributed by atoms with E-state index in [2.05, 4.69) is 15.1 Å². The normalized spacial score (nSPS) is 10.6. The average molecular weight is 219 g/mol. The van der Waals surface area contributed by atoms with Crippen LogP contribution >= 0.6 is 0 Å². The summed E-state index contributed by atoms with van der Waals surface area (Å²) in [6.45, 7) is 0.338. The van der Waals surface area contributed by atoms with Gasteiger partial charge in [-0.05, 0) is 6.07 Å². The lowest BCUT2D eigenvalue weighted by Crippen LogP contribution is -2.02. The van der Waals surface area contributed by atoms with E-state index in [1.54, 1.807) is 17.9 Å². The standard InChI is InChI=1S/C10H13N5O/c1-15-4-3-7(14-15)8-5-9(11)13-10(12-8)6-16-2/h3-5H,6H2,1-2H3,(H2,11,12,13). The number of methoxy groups -OCH3 is 1. The minimum Gasteiger partial charge on any atom is -0.384 e. The largest absolute Gasteiger partial charge is 0.384 e. The second-order valence-electron chi connectivity index (χ2n) is 3.40. The quantitative estimate of drug-likeness (QED) is 0.818. The summed E-state index contributed by atoms with van der Waals surface area (Å²) in [6, 6.07) is 3.57. The number of aryl methyl sites for hydroxylation is 1. The summed E-state index contributed by atoms with van der Waals surface area (Å²) in [5.74, 6) is 0.978. The number of nitrogens with two attached hydrogens (primary N) is 1. The third-order valence-corrected chi connectivity index (χ3v) is 2.04. The molecule has 2 rings (SSSR count). The molecular formula is C10H13N5O. The molecular weight excluding hydrogens is 206 g/mol. The van der Waals surface area contributed by atoms with Gasteiger partial charge in [0.2, 0.25) is 0 Å². The first-order valence-corrected chi connectivity index (χ1v) is 4.81. The maximum absolute atomic E-state index is 5.69. The minimum absolute atomic E-state index is 0.338. The Kier molecular flexibility index (Phi) is 2.82. The molecule has 0 bridgehead atoms. The molecule has 6 nitrogen and oxygen atoms in total. The predicted octanol–water partition coefficient (Wildman–Crippen LogP) is 0.606. The Balaban J connectivity index is 2.40. The van der Waals surface area contributed by atoms with Crippen LogP contribution in [-0.4, -0.2) is 26.9 Å². The lowest BCUT2D eigenvalue weighted by atomic mass is 10.3. The van der Waals surface area contributed by atoms with Crippen molar-refractivity contribution >= 4 is 5.82 Å². The lowest BCUT2D eigenvalue weighted by molar-refractivity contribution is 0.178. The van der Waals surface area contributed by atoms with Crippen LogP contribution in [0.2, 0.25) is 0 Å². The molecule has 2 N–H and O–H groups in total. The summed E-state index contributed by atoms with van der Waals surface area (Å²) in [5, 5.41) is 4.25. The van der Waals surface area contributed by atoms with Gasteiger partial charge in [-0.25, -0.2) is 9.97 Å². The molecule has 0 amide bonds. The lowest BCUT2D eigenvalue weighted by Gasteiger charge is -2.02. The Morgan fingerprint density at radius 1 is 1.38 bits per heavy atom. The van der Waals surface area contributed by atoms with E-state index in [4.69, 9.17) is 10.5 Å². The van der Waals surface area contributed by atoms with E-state index in [0.29, 0.717) is 23.9 Å². The van der Waals surface area contributed by atoms with Gasteiger partial charge in [0, 0.05) is 26.4 Å². The van der Waals surface area contributed by atoms with Crippen molar-refractivity contribution in [3.8, 4) is 11.4 Å². The summed E-state index contributed by atoms with van der Waals surface area (Å²) in [6.07, 6.45) is 1.85. The summed E-state index contributed by atoms with van der Waals surface area (Å²) >= 11 is 0. The molecule has 2 aromatic rings. The van der Waals surface area contributed by atoms with Gasteiger partial charge >= 0.3 is 0 Å². The van der Waals surface area contributed by atoms with Crippen LogP contribution in [0.15, 0.2) is 18.3 Å². The highest BCUT2D eigenvalue weighted by molar-refractivity contribution is 5.56. The second-order valence-corrected chi connectivity index (χ2v) is 3.40. The first-order chi connectivity index (χ1) is 7.69. The van der Waals surface area contributed by atoms with E-state index in [-0.39, 0.29) is 0 Å². The average Bonchev–Trinajstić information content (AvgIpc) is 2.64. The van der Waals surface area contributed by atoms with Crippen molar-refractivity contribution in [3.05, 3.63) is 24.2 Å². The molecule has 0 aliphatic rings. The van der Waals surface area contributed by atoms with E-state index >= 15 is 0 Å². The van der Waals surface area contributed by atoms with Crippen LogP contribution in [0, 0.1) is 0 Å². The van der Waals surface area contributed by atoms with Crippen LogP contribution in [0.5, 0.6) is 0 Å². The van der Waals surface area contributed by atoms with E-state index in [1.807, 2.05) is 19.3 Å². The molecule has 0 radical (unpaired) electrons. The van der Waals surface area contributed by atoms with Gasteiger partial charge < -0.3 is 10.5 Å². The van der Waals surface area contributed by atoms with E-state index < -0.39 is 0 Å². The monoisotopic (exact) mass is 219 g/mol. The zero-order valence-corrected chi connectivity index (χ0v) is 9.21. The molecule has 2 heterocycles. The van der Waals surface area contributed by atoms with Crippen molar-refractivity contribution in [3.63, 3.8) is 0 Å². The Morgan fingerprint density at radius 2 is 2.19 bits per heavy atom. The molecule has 0 aliphatic carbocycles.